The van der Waals surface area contributed by atoms with E-state index in [0.717, 1.165) is 24.8 Å². The number of rotatable bonds is 9. The van der Waals surface area contributed by atoms with Crippen LogP contribution >= 0.6 is 0 Å². The lowest BCUT2D eigenvalue weighted by atomic mass is 10.2. The van der Waals surface area contributed by atoms with Crippen LogP contribution < -0.4 is 20.5 Å². The number of aryl methyl sites for hydroxylation is 1. The average Bonchev–Trinajstić information content (AvgIpc) is 2.58. The Bertz CT molecular complexity index is 771. The summed E-state index contributed by atoms with van der Waals surface area (Å²) in [6.45, 7) is 4.57. The summed E-state index contributed by atoms with van der Waals surface area (Å²) in [5.74, 6) is 1.67. The van der Waals surface area contributed by atoms with Gasteiger partial charge in [-0.1, -0.05) is 19.8 Å². The summed E-state index contributed by atoms with van der Waals surface area (Å²) in [4.78, 5) is 18.1. The van der Waals surface area contributed by atoms with Crippen LogP contribution in [-0.2, 0) is 0 Å². The highest BCUT2D eigenvalue weighted by molar-refractivity contribution is 5.81. The number of hydrogen-bond acceptors (Lipinski definition) is 6. The number of aromatic nitrogens is 2. The lowest BCUT2D eigenvalue weighted by Crippen LogP contribution is -2.10. The number of methoxy groups -OCH3 is 1. The maximum absolute atomic E-state index is 11.4. The second-order valence-corrected chi connectivity index (χ2v) is 5.57. The summed E-state index contributed by atoms with van der Waals surface area (Å²) in [6, 6.07) is 7.00. The minimum atomic E-state index is -0.226. The van der Waals surface area contributed by atoms with Crippen LogP contribution in [0.5, 0.6) is 11.5 Å². The molecule has 0 amide bonds. The van der Waals surface area contributed by atoms with Crippen LogP contribution in [0.3, 0.4) is 0 Å². The summed E-state index contributed by atoms with van der Waals surface area (Å²) in [7, 11) is 1.61. The number of ether oxygens (including phenoxy) is 2. The van der Waals surface area contributed by atoms with Crippen molar-refractivity contribution in [3.05, 3.63) is 45.9 Å². The Labute approximate surface area is 147 Å². The number of benzene rings is 1. The van der Waals surface area contributed by atoms with E-state index in [1.54, 1.807) is 20.2 Å². The number of H-pyrrole nitrogens is 1. The van der Waals surface area contributed by atoms with Gasteiger partial charge in [-0.25, -0.2) is 10.4 Å². The molecule has 0 unspecified atom stereocenters. The van der Waals surface area contributed by atoms with E-state index in [2.05, 4.69) is 27.4 Å². The highest BCUT2D eigenvalue weighted by Crippen LogP contribution is 2.27. The fourth-order valence-corrected chi connectivity index (χ4v) is 2.22. The molecular formula is C18H24N4O3. The topological polar surface area (TPSA) is 88.6 Å². The molecule has 2 N–H and O–H groups in total. The van der Waals surface area contributed by atoms with Crippen molar-refractivity contribution in [2.24, 2.45) is 5.10 Å². The first-order valence-corrected chi connectivity index (χ1v) is 8.30. The Kier molecular flexibility index (Phi) is 7.00. The van der Waals surface area contributed by atoms with Gasteiger partial charge in [0.25, 0.3) is 5.56 Å². The van der Waals surface area contributed by atoms with E-state index < -0.39 is 0 Å². The first kappa shape index (κ1) is 18.5. The van der Waals surface area contributed by atoms with Gasteiger partial charge in [0.05, 0.1) is 19.9 Å². The zero-order valence-electron chi connectivity index (χ0n) is 14.8. The van der Waals surface area contributed by atoms with Gasteiger partial charge in [0.15, 0.2) is 11.5 Å². The number of nitrogens with zero attached hydrogens (tertiary/aromatic N) is 2. The lowest BCUT2D eigenvalue weighted by molar-refractivity contribution is 0.286. The summed E-state index contributed by atoms with van der Waals surface area (Å²) in [5, 5.41) is 4.08. The maximum atomic E-state index is 11.4. The average molecular weight is 344 g/mol. The van der Waals surface area contributed by atoms with Crippen molar-refractivity contribution < 1.29 is 9.47 Å². The molecule has 1 aromatic carbocycles. The van der Waals surface area contributed by atoms with E-state index in [0.29, 0.717) is 29.7 Å². The van der Waals surface area contributed by atoms with Crippen molar-refractivity contribution in [2.75, 3.05) is 19.1 Å². The van der Waals surface area contributed by atoms with Crippen molar-refractivity contribution in [3.63, 3.8) is 0 Å². The molecule has 0 aliphatic heterocycles. The standard InChI is InChI=1S/C18H24N4O3/c1-4-5-6-9-25-15-8-7-14(11-16(15)24-3)12-19-22-18-20-13(2)10-17(23)21-18/h7-8,10-12H,4-6,9H2,1-3H3,(H2,20,21,22,23)/b19-12+. The van der Waals surface area contributed by atoms with Crippen LogP contribution in [0, 0.1) is 6.92 Å². The number of anilines is 1. The van der Waals surface area contributed by atoms with Gasteiger partial charge in [-0.05, 0) is 37.1 Å². The van der Waals surface area contributed by atoms with E-state index in [1.807, 2.05) is 18.2 Å². The molecule has 25 heavy (non-hydrogen) atoms. The normalized spacial score (nSPS) is 10.8. The number of aromatic amines is 1. The van der Waals surface area contributed by atoms with Crippen LogP contribution in [0.4, 0.5) is 5.95 Å². The molecule has 0 spiro atoms. The second kappa shape index (κ2) is 9.46. The molecule has 2 rings (SSSR count). The van der Waals surface area contributed by atoms with Crippen LogP contribution in [0.15, 0.2) is 34.2 Å². The first-order valence-electron chi connectivity index (χ1n) is 8.30. The highest BCUT2D eigenvalue weighted by atomic mass is 16.5. The first-order chi connectivity index (χ1) is 12.1. The summed E-state index contributed by atoms with van der Waals surface area (Å²) < 4.78 is 11.1. The molecule has 7 nitrogen and oxygen atoms in total. The molecule has 1 heterocycles. The van der Waals surface area contributed by atoms with E-state index in [1.165, 1.54) is 6.07 Å². The van der Waals surface area contributed by atoms with Crippen molar-refractivity contribution in [1.29, 1.82) is 0 Å². The van der Waals surface area contributed by atoms with Gasteiger partial charge in [0.2, 0.25) is 5.95 Å². The van der Waals surface area contributed by atoms with E-state index in [9.17, 15) is 4.79 Å². The molecule has 0 saturated carbocycles. The van der Waals surface area contributed by atoms with Crippen molar-refractivity contribution in [3.8, 4) is 11.5 Å². The molecule has 7 heteroatoms. The zero-order valence-corrected chi connectivity index (χ0v) is 14.8. The third-order valence-electron chi connectivity index (χ3n) is 3.45. The van der Waals surface area contributed by atoms with Gasteiger partial charge in [-0.15, -0.1) is 0 Å². The van der Waals surface area contributed by atoms with Gasteiger partial charge in [0.1, 0.15) is 0 Å². The quantitative estimate of drug-likeness (QED) is 0.414. The van der Waals surface area contributed by atoms with E-state index >= 15 is 0 Å². The molecule has 0 atom stereocenters. The summed E-state index contributed by atoms with van der Waals surface area (Å²) >= 11 is 0. The van der Waals surface area contributed by atoms with Crippen LogP contribution in [0.1, 0.15) is 37.4 Å². The van der Waals surface area contributed by atoms with Gasteiger partial charge >= 0.3 is 0 Å². The van der Waals surface area contributed by atoms with Crippen LogP contribution in [0.25, 0.3) is 0 Å². The molecule has 0 saturated heterocycles. The molecule has 0 bridgehead atoms. The smallest absolute Gasteiger partial charge is 0.252 e. The number of unbranched alkanes of at least 4 members (excludes halogenated alkanes) is 2. The van der Waals surface area contributed by atoms with Gasteiger partial charge in [0, 0.05) is 11.8 Å². The Morgan fingerprint density at radius 1 is 1.28 bits per heavy atom. The molecule has 0 aliphatic carbocycles. The number of hydrazone groups is 1. The number of nitrogens with one attached hydrogen (secondary N) is 2. The maximum Gasteiger partial charge on any atom is 0.252 e. The SMILES string of the molecule is CCCCCOc1ccc(/C=N/Nc2nc(C)cc(=O)[nH]2)cc1OC. The summed E-state index contributed by atoms with van der Waals surface area (Å²) in [6.07, 6.45) is 4.94. The zero-order chi connectivity index (χ0) is 18.1. The predicted octanol–water partition coefficient (Wildman–Crippen LogP) is 3.10. The van der Waals surface area contributed by atoms with Crippen LogP contribution in [0.2, 0.25) is 0 Å². The van der Waals surface area contributed by atoms with Crippen molar-refractivity contribution >= 4 is 12.2 Å². The molecule has 2 aromatic rings. The molecule has 0 fully saturated rings. The van der Waals surface area contributed by atoms with E-state index in [4.69, 9.17) is 9.47 Å². The third kappa shape index (κ3) is 5.95. The van der Waals surface area contributed by atoms with Crippen LogP contribution in [-0.4, -0.2) is 29.9 Å². The molecular weight excluding hydrogens is 320 g/mol. The predicted molar refractivity (Wildman–Crippen MR) is 98.8 cm³/mol. The minimum Gasteiger partial charge on any atom is -0.493 e. The third-order valence-corrected chi connectivity index (χ3v) is 3.45. The molecule has 134 valence electrons. The fraction of sp³-hybridized carbons (Fsp3) is 0.389. The molecule has 0 radical (unpaired) electrons. The molecule has 0 aliphatic rings. The van der Waals surface area contributed by atoms with Gasteiger partial charge in [-0.2, -0.15) is 5.10 Å². The Hall–Kier alpha value is -2.83. The number of hydrogen-bond donors (Lipinski definition) is 2. The Morgan fingerprint density at radius 2 is 2.12 bits per heavy atom. The van der Waals surface area contributed by atoms with Crippen molar-refractivity contribution in [1.82, 2.24) is 9.97 Å². The monoisotopic (exact) mass is 344 g/mol. The second-order valence-electron chi connectivity index (χ2n) is 5.57. The van der Waals surface area contributed by atoms with Gasteiger partial charge in [-0.3, -0.25) is 9.78 Å². The Balaban J connectivity index is 2.00. The van der Waals surface area contributed by atoms with Gasteiger partial charge < -0.3 is 9.47 Å². The lowest BCUT2D eigenvalue weighted by Gasteiger charge is -2.11. The minimum absolute atomic E-state index is 0.226. The highest BCUT2D eigenvalue weighted by Gasteiger charge is 2.05. The fourth-order valence-electron chi connectivity index (χ4n) is 2.22. The molecule has 1 aromatic heterocycles. The largest absolute Gasteiger partial charge is 0.493 e. The van der Waals surface area contributed by atoms with Crippen molar-refractivity contribution in [2.45, 2.75) is 33.1 Å². The summed E-state index contributed by atoms with van der Waals surface area (Å²) in [5.41, 5.74) is 3.93. The van der Waals surface area contributed by atoms with E-state index in [-0.39, 0.29) is 5.56 Å². The Morgan fingerprint density at radius 3 is 2.84 bits per heavy atom.